The Morgan fingerprint density at radius 1 is 0.967 bits per heavy atom. The van der Waals surface area contributed by atoms with E-state index >= 15 is 0 Å². The van der Waals surface area contributed by atoms with Crippen LogP contribution >= 0.6 is 32.0 Å². The molecule has 0 heterocycles. The van der Waals surface area contributed by atoms with Gasteiger partial charge in [0.05, 0.1) is 30.8 Å². The minimum absolute atomic E-state index is 0.213. The molecule has 30 heavy (non-hydrogen) atoms. The van der Waals surface area contributed by atoms with Gasteiger partial charge >= 0.3 is 7.60 Å². The number of hydrogen-bond acceptors (Lipinski definition) is 7. The van der Waals surface area contributed by atoms with Crippen molar-refractivity contribution in [3.05, 3.63) is 29.8 Å². The van der Waals surface area contributed by atoms with Crippen LogP contribution in [-0.4, -0.2) is 41.9 Å². The van der Waals surface area contributed by atoms with Crippen LogP contribution in [0.2, 0.25) is 0 Å². The van der Waals surface area contributed by atoms with Crippen LogP contribution < -0.4 is 21.5 Å². The lowest BCUT2D eigenvalue weighted by molar-refractivity contribution is 0.219. The van der Waals surface area contributed by atoms with Gasteiger partial charge in [-0.05, 0) is 69.8 Å². The quantitative estimate of drug-likeness (QED) is 0.176. The van der Waals surface area contributed by atoms with Gasteiger partial charge in [-0.1, -0.05) is 12.1 Å². The molecule has 0 atom stereocenters. The Kier molecular flexibility index (Phi) is 11.7. The highest BCUT2D eigenvalue weighted by molar-refractivity contribution is 7.80. The fourth-order valence-corrected chi connectivity index (χ4v) is 4.00. The molecule has 0 aliphatic carbocycles. The summed E-state index contributed by atoms with van der Waals surface area (Å²) < 4.78 is 23.3. The molecule has 1 rings (SSSR count). The van der Waals surface area contributed by atoms with Gasteiger partial charge in [0.15, 0.2) is 10.2 Å². The molecule has 1 aromatic carbocycles. The summed E-state index contributed by atoms with van der Waals surface area (Å²) in [6.45, 7) is 7.83. The zero-order chi connectivity index (χ0) is 22.6. The number of hydrazone groups is 2. The lowest BCUT2D eigenvalue weighted by Gasteiger charge is -2.17. The molecule has 0 spiro atoms. The summed E-state index contributed by atoms with van der Waals surface area (Å²) in [6.07, 6.45) is 0.213. The molecule has 0 aliphatic rings. The van der Waals surface area contributed by atoms with Gasteiger partial charge < -0.3 is 19.7 Å². The predicted molar refractivity (Wildman–Crippen MR) is 131 cm³/mol. The number of hydrogen-bond donors (Lipinski definition) is 4. The summed E-state index contributed by atoms with van der Waals surface area (Å²) in [7, 11) is -1.43. The average Bonchev–Trinajstić information content (AvgIpc) is 2.71. The highest BCUT2D eigenvalue weighted by atomic mass is 32.1. The van der Waals surface area contributed by atoms with E-state index < -0.39 is 7.60 Å². The van der Waals surface area contributed by atoms with Gasteiger partial charge in [0.1, 0.15) is 0 Å². The van der Waals surface area contributed by atoms with Gasteiger partial charge in [-0.25, -0.2) is 0 Å². The molecule has 4 N–H and O–H groups in total. The maximum absolute atomic E-state index is 12.6. The van der Waals surface area contributed by atoms with Crippen LogP contribution in [0.4, 0.5) is 5.69 Å². The van der Waals surface area contributed by atoms with Crippen molar-refractivity contribution in [2.24, 2.45) is 10.2 Å². The lowest BCUT2D eigenvalue weighted by atomic mass is 10.2. The minimum Gasteiger partial charge on any atom is -0.364 e. The van der Waals surface area contributed by atoms with Crippen molar-refractivity contribution in [2.75, 3.05) is 25.6 Å². The fourth-order valence-electron chi connectivity index (χ4n) is 2.09. The van der Waals surface area contributed by atoms with Gasteiger partial charge in [0, 0.05) is 12.7 Å². The van der Waals surface area contributed by atoms with Crippen LogP contribution in [0.3, 0.4) is 0 Å². The maximum Gasteiger partial charge on any atom is 0.335 e. The van der Waals surface area contributed by atoms with Crippen LogP contribution in [0.5, 0.6) is 0 Å². The van der Waals surface area contributed by atoms with Crippen LogP contribution in [0.1, 0.15) is 33.3 Å². The average molecular weight is 473 g/mol. The van der Waals surface area contributed by atoms with Crippen LogP contribution in [0.15, 0.2) is 34.5 Å². The van der Waals surface area contributed by atoms with E-state index in [2.05, 4.69) is 31.7 Å². The molecule has 166 valence electrons. The first-order chi connectivity index (χ1) is 14.2. The van der Waals surface area contributed by atoms with Gasteiger partial charge in [-0.3, -0.25) is 15.4 Å². The molecular formula is C18H29N6O3PS2. The summed E-state index contributed by atoms with van der Waals surface area (Å²) in [5.41, 5.74) is 8.36. The van der Waals surface area contributed by atoms with Gasteiger partial charge in [0.2, 0.25) is 0 Å². The van der Waals surface area contributed by atoms with Crippen LogP contribution in [-0.2, 0) is 19.8 Å². The highest BCUT2D eigenvalue weighted by Gasteiger charge is 2.23. The second-order valence-corrected chi connectivity index (χ2v) is 8.82. The standard InChI is InChI=1S/C18H29N6O3PS2/c1-6-26-28(25,27-7-2)12-15-8-10-16(11-9-15)20-18(30)24-22-14(4)13(3)21-23-17(29)19-5/h8-11H,6-7,12H2,1-5H3,(H2,19,23,29)(H2,20,24,30)/b21-13+,22-14+. The Morgan fingerprint density at radius 2 is 1.47 bits per heavy atom. The number of nitrogens with zero attached hydrogens (tertiary/aromatic N) is 2. The molecule has 9 nitrogen and oxygen atoms in total. The molecule has 0 amide bonds. The Bertz CT molecular complexity index is 820. The Hall–Kier alpha value is -1.91. The Morgan fingerprint density at radius 3 is 1.93 bits per heavy atom. The molecule has 0 bridgehead atoms. The third-order valence-corrected chi connectivity index (χ3v) is 6.18. The monoisotopic (exact) mass is 472 g/mol. The van der Waals surface area contributed by atoms with Crippen molar-refractivity contribution >= 4 is 59.4 Å². The Labute approximate surface area is 188 Å². The zero-order valence-electron chi connectivity index (χ0n) is 17.8. The summed E-state index contributed by atoms with van der Waals surface area (Å²) in [5.74, 6) is 0. The summed E-state index contributed by atoms with van der Waals surface area (Å²) in [5, 5.41) is 14.8. The highest BCUT2D eigenvalue weighted by Crippen LogP contribution is 2.51. The van der Waals surface area contributed by atoms with E-state index in [0.29, 0.717) is 34.9 Å². The molecule has 0 unspecified atom stereocenters. The number of nitrogens with one attached hydrogen (secondary N) is 4. The van der Waals surface area contributed by atoms with E-state index in [0.717, 1.165) is 11.3 Å². The second-order valence-electron chi connectivity index (χ2n) is 5.95. The summed E-state index contributed by atoms with van der Waals surface area (Å²) in [4.78, 5) is 0. The number of benzene rings is 1. The van der Waals surface area contributed by atoms with E-state index in [9.17, 15) is 4.57 Å². The summed E-state index contributed by atoms with van der Waals surface area (Å²) >= 11 is 10.2. The van der Waals surface area contributed by atoms with E-state index in [1.807, 2.05) is 24.3 Å². The third kappa shape index (κ3) is 9.73. The normalized spacial score (nSPS) is 12.3. The largest absolute Gasteiger partial charge is 0.364 e. The van der Waals surface area contributed by atoms with Crippen molar-refractivity contribution in [2.45, 2.75) is 33.9 Å². The molecular weight excluding hydrogens is 443 g/mol. The SMILES string of the molecule is CCOP(=O)(Cc1ccc(NC(=S)N/N=C(C)/C(C)=N/NC(=S)NC)cc1)OCC. The van der Waals surface area contributed by atoms with Gasteiger partial charge in [-0.2, -0.15) is 10.2 Å². The first-order valence-corrected chi connectivity index (χ1v) is 11.9. The predicted octanol–water partition coefficient (Wildman–Crippen LogP) is 3.58. The number of thiocarbonyl (C=S) groups is 2. The molecule has 12 heteroatoms. The summed E-state index contributed by atoms with van der Waals surface area (Å²) in [6, 6.07) is 7.35. The Balaban J connectivity index is 2.64. The number of rotatable bonds is 10. The minimum atomic E-state index is -3.13. The van der Waals surface area contributed by atoms with E-state index in [1.165, 1.54) is 0 Å². The van der Waals surface area contributed by atoms with Crippen molar-refractivity contribution < 1.29 is 13.6 Å². The van der Waals surface area contributed by atoms with E-state index in [4.69, 9.17) is 33.5 Å². The number of anilines is 1. The van der Waals surface area contributed by atoms with Crippen molar-refractivity contribution in [1.82, 2.24) is 16.2 Å². The second kappa shape index (κ2) is 13.4. The van der Waals surface area contributed by atoms with Crippen LogP contribution in [0, 0.1) is 0 Å². The van der Waals surface area contributed by atoms with Crippen molar-refractivity contribution in [3.8, 4) is 0 Å². The van der Waals surface area contributed by atoms with E-state index in [-0.39, 0.29) is 6.16 Å². The first kappa shape index (κ1) is 26.1. The molecule has 1 aromatic rings. The molecule has 0 radical (unpaired) electrons. The van der Waals surface area contributed by atoms with Gasteiger partial charge in [0.25, 0.3) is 0 Å². The smallest absolute Gasteiger partial charge is 0.335 e. The van der Waals surface area contributed by atoms with Crippen molar-refractivity contribution in [3.63, 3.8) is 0 Å². The van der Waals surface area contributed by atoms with Gasteiger partial charge in [-0.15, -0.1) is 0 Å². The molecule has 0 saturated carbocycles. The topological polar surface area (TPSA) is 108 Å². The first-order valence-electron chi connectivity index (χ1n) is 9.33. The maximum atomic E-state index is 12.6. The van der Waals surface area contributed by atoms with Crippen LogP contribution in [0.25, 0.3) is 0 Å². The van der Waals surface area contributed by atoms with E-state index in [1.54, 1.807) is 34.7 Å². The lowest BCUT2D eigenvalue weighted by Crippen LogP contribution is -2.30. The molecule has 0 aliphatic heterocycles. The van der Waals surface area contributed by atoms with Crippen molar-refractivity contribution in [1.29, 1.82) is 0 Å². The fraction of sp³-hybridized carbons (Fsp3) is 0.444. The molecule has 0 aromatic heterocycles. The molecule has 0 saturated heterocycles. The zero-order valence-corrected chi connectivity index (χ0v) is 20.3. The molecule has 0 fully saturated rings. The third-order valence-electron chi connectivity index (χ3n) is 3.64.